The molecule has 1 aromatic carbocycles. The Bertz CT molecular complexity index is 820. The average Bonchev–Trinajstić information content (AvgIpc) is 2.73. The van der Waals surface area contributed by atoms with Crippen molar-refractivity contribution in [3.63, 3.8) is 0 Å². The van der Waals surface area contributed by atoms with Gasteiger partial charge < -0.3 is 14.8 Å². The number of methoxy groups -OCH3 is 1. The Morgan fingerprint density at radius 1 is 1.13 bits per heavy atom. The van der Waals surface area contributed by atoms with E-state index in [2.05, 4.69) is 28.9 Å². The fraction of sp³-hybridized carbons (Fsp3) is 0.435. The highest BCUT2D eigenvalue weighted by molar-refractivity contribution is 6.29. The molecule has 1 N–H and O–H groups in total. The Balaban J connectivity index is 1.72. The minimum Gasteiger partial charge on any atom is -0.491 e. The van der Waals surface area contributed by atoms with Gasteiger partial charge in [-0.25, -0.2) is 4.98 Å². The zero-order valence-corrected chi connectivity index (χ0v) is 18.5. The predicted molar refractivity (Wildman–Crippen MR) is 117 cm³/mol. The van der Waals surface area contributed by atoms with Crippen molar-refractivity contribution in [2.24, 2.45) is 5.41 Å². The predicted octanol–water partition coefficient (Wildman–Crippen LogP) is 4.46. The van der Waals surface area contributed by atoms with Crippen molar-refractivity contribution in [2.45, 2.75) is 39.5 Å². The first-order valence-corrected chi connectivity index (χ1v) is 10.4. The molecule has 2 aromatic rings. The number of nitrogens with zero attached hydrogens (tertiary/aromatic N) is 1. The number of aromatic nitrogens is 1. The van der Waals surface area contributed by atoms with Crippen molar-refractivity contribution in [1.29, 1.82) is 0 Å². The van der Waals surface area contributed by atoms with Crippen LogP contribution in [0.25, 0.3) is 0 Å². The second-order valence-corrected chi connectivity index (χ2v) is 8.29. The maximum atomic E-state index is 12.1. The third-order valence-corrected chi connectivity index (χ3v) is 4.93. The SMILES string of the molecule is COC(=O)CCNC(=O)c1ccc(CCCC(C)(C)COc2ccc(Cl)nc2)cc1. The first kappa shape index (κ1) is 23.7. The number of pyridine rings is 1. The minimum absolute atomic E-state index is 0.0269. The second-order valence-electron chi connectivity index (χ2n) is 7.90. The van der Waals surface area contributed by atoms with E-state index in [1.165, 1.54) is 12.7 Å². The Kier molecular flexibility index (Phi) is 9.12. The zero-order chi connectivity index (χ0) is 22.0. The average molecular weight is 433 g/mol. The number of ether oxygens (including phenoxy) is 2. The van der Waals surface area contributed by atoms with Gasteiger partial charge in [0, 0.05) is 12.1 Å². The van der Waals surface area contributed by atoms with E-state index in [4.69, 9.17) is 16.3 Å². The molecule has 2 rings (SSSR count). The summed E-state index contributed by atoms with van der Waals surface area (Å²) in [6.07, 6.45) is 4.74. The maximum Gasteiger partial charge on any atom is 0.307 e. The highest BCUT2D eigenvalue weighted by Crippen LogP contribution is 2.25. The van der Waals surface area contributed by atoms with Crippen molar-refractivity contribution in [2.75, 3.05) is 20.3 Å². The number of hydrogen-bond acceptors (Lipinski definition) is 5. The van der Waals surface area contributed by atoms with Gasteiger partial charge in [-0.2, -0.15) is 0 Å². The third-order valence-electron chi connectivity index (χ3n) is 4.71. The second kappa shape index (κ2) is 11.6. The summed E-state index contributed by atoms with van der Waals surface area (Å²) >= 11 is 5.79. The molecule has 1 amide bonds. The summed E-state index contributed by atoms with van der Waals surface area (Å²) in [6, 6.07) is 11.1. The molecule has 0 saturated carbocycles. The molecule has 0 aliphatic carbocycles. The minimum atomic E-state index is -0.344. The van der Waals surface area contributed by atoms with Crippen LogP contribution in [0, 0.1) is 5.41 Å². The summed E-state index contributed by atoms with van der Waals surface area (Å²) < 4.78 is 10.4. The molecule has 0 spiro atoms. The number of halogens is 1. The van der Waals surface area contributed by atoms with Crippen LogP contribution in [0.5, 0.6) is 5.75 Å². The monoisotopic (exact) mass is 432 g/mol. The van der Waals surface area contributed by atoms with Crippen LogP contribution in [0.1, 0.15) is 49.0 Å². The van der Waals surface area contributed by atoms with E-state index in [0.29, 0.717) is 23.1 Å². The smallest absolute Gasteiger partial charge is 0.307 e. The van der Waals surface area contributed by atoms with Gasteiger partial charge in [0.05, 0.1) is 26.3 Å². The molecule has 0 radical (unpaired) electrons. The topological polar surface area (TPSA) is 77.5 Å². The Hall–Kier alpha value is -2.60. The Morgan fingerprint density at radius 3 is 2.50 bits per heavy atom. The standard InChI is InChI=1S/C23H29ClN2O4/c1-23(2,16-30-19-10-11-20(24)26-15-19)13-4-5-17-6-8-18(9-7-17)22(28)25-14-12-21(27)29-3/h6-11,15H,4-5,12-14,16H2,1-3H3,(H,25,28). The van der Waals surface area contributed by atoms with E-state index in [9.17, 15) is 9.59 Å². The highest BCUT2D eigenvalue weighted by atomic mass is 35.5. The number of carbonyl (C=O) groups is 2. The van der Waals surface area contributed by atoms with Crippen LogP contribution in [-0.4, -0.2) is 37.1 Å². The molecule has 0 fully saturated rings. The van der Waals surface area contributed by atoms with Crippen LogP contribution in [0.3, 0.4) is 0 Å². The number of rotatable bonds is 11. The third kappa shape index (κ3) is 8.41. The molecule has 7 heteroatoms. The normalized spacial score (nSPS) is 11.1. The van der Waals surface area contributed by atoms with E-state index >= 15 is 0 Å². The van der Waals surface area contributed by atoms with Crippen LogP contribution in [-0.2, 0) is 16.0 Å². The lowest BCUT2D eigenvalue weighted by atomic mass is 9.87. The molecule has 30 heavy (non-hydrogen) atoms. The van der Waals surface area contributed by atoms with Gasteiger partial charge in [0.25, 0.3) is 5.91 Å². The lowest BCUT2D eigenvalue weighted by Gasteiger charge is -2.24. The molecule has 0 aliphatic heterocycles. The molecule has 162 valence electrons. The number of aryl methyl sites for hydroxylation is 1. The Labute approximate surface area is 182 Å². The molecule has 0 saturated heterocycles. The van der Waals surface area contributed by atoms with Gasteiger partial charge in [-0.15, -0.1) is 0 Å². The molecule has 0 unspecified atom stereocenters. The number of esters is 1. The summed E-state index contributed by atoms with van der Waals surface area (Å²) in [5.41, 5.74) is 1.78. The van der Waals surface area contributed by atoms with E-state index in [1.54, 1.807) is 12.3 Å². The van der Waals surface area contributed by atoms with Crippen LogP contribution in [0.15, 0.2) is 42.6 Å². The Morgan fingerprint density at radius 2 is 1.87 bits per heavy atom. The summed E-state index contributed by atoms with van der Waals surface area (Å²) in [7, 11) is 1.33. The van der Waals surface area contributed by atoms with Gasteiger partial charge >= 0.3 is 5.97 Å². The van der Waals surface area contributed by atoms with Crippen molar-refractivity contribution in [3.05, 3.63) is 58.9 Å². The van der Waals surface area contributed by atoms with Crippen molar-refractivity contribution in [1.82, 2.24) is 10.3 Å². The first-order valence-electron chi connectivity index (χ1n) is 9.97. The number of carbonyl (C=O) groups excluding carboxylic acids is 2. The fourth-order valence-corrected chi connectivity index (χ4v) is 2.99. The number of amides is 1. The van der Waals surface area contributed by atoms with Gasteiger partial charge in [-0.05, 0) is 54.5 Å². The van der Waals surface area contributed by atoms with Crippen molar-refractivity contribution in [3.8, 4) is 5.75 Å². The van der Waals surface area contributed by atoms with E-state index < -0.39 is 0 Å². The summed E-state index contributed by atoms with van der Waals surface area (Å²) in [5.74, 6) is 0.178. The molecule has 1 aromatic heterocycles. The molecular weight excluding hydrogens is 404 g/mol. The van der Waals surface area contributed by atoms with Gasteiger partial charge in [0.15, 0.2) is 0 Å². The summed E-state index contributed by atoms with van der Waals surface area (Å²) in [6.45, 7) is 5.22. The molecule has 6 nitrogen and oxygen atoms in total. The number of benzene rings is 1. The van der Waals surface area contributed by atoms with E-state index in [-0.39, 0.29) is 30.3 Å². The van der Waals surface area contributed by atoms with Crippen molar-refractivity contribution >= 4 is 23.5 Å². The largest absolute Gasteiger partial charge is 0.491 e. The highest BCUT2D eigenvalue weighted by Gasteiger charge is 2.19. The van der Waals surface area contributed by atoms with Gasteiger partial charge in [-0.3, -0.25) is 9.59 Å². The van der Waals surface area contributed by atoms with Crippen LogP contribution in [0.2, 0.25) is 5.15 Å². The maximum absolute atomic E-state index is 12.1. The van der Waals surface area contributed by atoms with E-state index in [0.717, 1.165) is 19.3 Å². The van der Waals surface area contributed by atoms with Gasteiger partial charge in [-0.1, -0.05) is 37.6 Å². The van der Waals surface area contributed by atoms with E-state index in [1.807, 2.05) is 30.3 Å². The molecular formula is C23H29ClN2O4. The van der Waals surface area contributed by atoms with Gasteiger partial charge in [0.2, 0.25) is 0 Å². The van der Waals surface area contributed by atoms with Gasteiger partial charge in [0.1, 0.15) is 10.9 Å². The lowest BCUT2D eigenvalue weighted by molar-refractivity contribution is -0.140. The fourth-order valence-electron chi connectivity index (χ4n) is 2.87. The molecule has 0 aliphatic rings. The molecule has 1 heterocycles. The molecule has 0 bridgehead atoms. The molecule has 0 atom stereocenters. The van der Waals surface area contributed by atoms with Crippen LogP contribution >= 0.6 is 11.6 Å². The number of hydrogen-bond donors (Lipinski definition) is 1. The first-order chi connectivity index (χ1) is 14.3. The summed E-state index contributed by atoms with van der Waals surface area (Å²) in [4.78, 5) is 27.2. The van der Waals surface area contributed by atoms with Crippen LogP contribution in [0.4, 0.5) is 0 Å². The van der Waals surface area contributed by atoms with Crippen LogP contribution < -0.4 is 10.1 Å². The zero-order valence-electron chi connectivity index (χ0n) is 17.7. The van der Waals surface area contributed by atoms with Crippen molar-refractivity contribution < 1.29 is 19.1 Å². The number of nitrogens with one attached hydrogen (secondary N) is 1. The quantitative estimate of drug-likeness (QED) is 0.419. The lowest BCUT2D eigenvalue weighted by Crippen LogP contribution is -2.26. The summed E-state index contributed by atoms with van der Waals surface area (Å²) in [5, 5.41) is 3.16.